The van der Waals surface area contributed by atoms with Gasteiger partial charge in [-0.15, -0.1) is 0 Å². The Morgan fingerprint density at radius 2 is 2.19 bits per heavy atom. The smallest absolute Gasteiger partial charge is 0.415 e. The van der Waals surface area contributed by atoms with Crippen LogP contribution in [0, 0.1) is 6.92 Å². The molecular weight excluding hydrogens is 206 g/mol. The number of hydrogen-bond donors (Lipinski definition) is 1. The molecule has 1 aliphatic heterocycles. The third-order valence-electron chi connectivity index (χ3n) is 3.42. The second-order valence-electron chi connectivity index (χ2n) is 4.27. The molecule has 82 valence electrons. The first-order valence-electron chi connectivity index (χ1n) is 5.27. The number of benzene rings is 1. The summed E-state index contributed by atoms with van der Waals surface area (Å²) < 4.78 is 5.20. The lowest BCUT2D eigenvalue weighted by atomic mass is 9.94. The van der Waals surface area contributed by atoms with Crippen LogP contribution in [0.1, 0.15) is 23.1 Å². The summed E-state index contributed by atoms with van der Waals surface area (Å²) in [6.07, 6.45) is 0.687. The van der Waals surface area contributed by atoms with Crippen molar-refractivity contribution >= 4 is 12.0 Å². The van der Waals surface area contributed by atoms with E-state index >= 15 is 0 Å². The van der Waals surface area contributed by atoms with Gasteiger partial charge in [0.15, 0.2) is 0 Å². The van der Waals surface area contributed by atoms with Crippen LogP contribution in [-0.4, -0.2) is 12.0 Å². The van der Waals surface area contributed by atoms with Gasteiger partial charge in [0.1, 0.15) is 0 Å². The van der Waals surface area contributed by atoms with Crippen LogP contribution in [0.15, 0.2) is 18.2 Å². The summed E-state index contributed by atoms with van der Waals surface area (Å²) in [4.78, 5) is 23.0. The summed E-state index contributed by atoms with van der Waals surface area (Å²) in [7, 11) is 0. The third-order valence-corrected chi connectivity index (χ3v) is 3.42. The Balaban J connectivity index is 2.19. The molecule has 1 saturated heterocycles. The number of carbonyl (C=O) groups is 2. The average molecular weight is 217 g/mol. The van der Waals surface area contributed by atoms with Crippen LogP contribution in [0.25, 0.3) is 0 Å². The molecule has 1 aliphatic carbocycles. The van der Waals surface area contributed by atoms with Crippen molar-refractivity contribution in [3.63, 3.8) is 0 Å². The predicted octanol–water partition coefficient (Wildman–Crippen LogP) is 1.40. The number of ether oxygens (including phenoxy) is 1. The molecule has 0 radical (unpaired) electrons. The highest BCUT2D eigenvalue weighted by atomic mass is 16.6. The van der Waals surface area contributed by atoms with Crippen molar-refractivity contribution in [1.29, 1.82) is 0 Å². The molecular formula is C12H11NO3. The van der Waals surface area contributed by atoms with Crippen molar-refractivity contribution in [2.45, 2.75) is 25.4 Å². The molecule has 1 aromatic carbocycles. The molecule has 0 bridgehead atoms. The van der Waals surface area contributed by atoms with Crippen LogP contribution in [0.2, 0.25) is 0 Å². The fourth-order valence-corrected chi connectivity index (χ4v) is 2.61. The standard InChI is InChI=1S/C12H11NO3/c1-7-3-2-4-9-8(7)5-6-12(9)10(14)13-11(15)16-12/h2-4H,5-6H2,1H3,(H,13,14,15). The highest BCUT2D eigenvalue weighted by molar-refractivity contribution is 6.04. The molecule has 1 spiro atoms. The number of imide groups is 1. The minimum absolute atomic E-state index is 0.332. The van der Waals surface area contributed by atoms with E-state index in [1.54, 1.807) is 0 Å². The summed E-state index contributed by atoms with van der Waals surface area (Å²) in [6.45, 7) is 2.01. The zero-order chi connectivity index (χ0) is 11.3. The Kier molecular flexibility index (Phi) is 1.67. The highest BCUT2D eigenvalue weighted by Crippen LogP contribution is 2.43. The monoisotopic (exact) mass is 217 g/mol. The topological polar surface area (TPSA) is 55.4 Å². The molecule has 1 unspecified atom stereocenters. The summed E-state index contributed by atoms with van der Waals surface area (Å²) >= 11 is 0. The Labute approximate surface area is 92.6 Å². The maximum atomic E-state index is 11.8. The Morgan fingerprint density at radius 3 is 2.88 bits per heavy atom. The van der Waals surface area contributed by atoms with E-state index in [1.165, 1.54) is 0 Å². The van der Waals surface area contributed by atoms with E-state index < -0.39 is 11.7 Å². The Hall–Kier alpha value is -1.84. The molecule has 4 nitrogen and oxygen atoms in total. The molecule has 4 heteroatoms. The van der Waals surface area contributed by atoms with Crippen LogP contribution >= 0.6 is 0 Å². The van der Waals surface area contributed by atoms with E-state index in [-0.39, 0.29) is 5.91 Å². The van der Waals surface area contributed by atoms with Gasteiger partial charge in [-0.2, -0.15) is 0 Å². The number of amides is 2. The molecule has 1 N–H and O–H groups in total. The Morgan fingerprint density at radius 1 is 1.38 bits per heavy atom. The maximum absolute atomic E-state index is 11.8. The van der Waals surface area contributed by atoms with Crippen LogP contribution in [0.3, 0.4) is 0 Å². The van der Waals surface area contributed by atoms with E-state index in [9.17, 15) is 9.59 Å². The first-order chi connectivity index (χ1) is 7.63. The van der Waals surface area contributed by atoms with Crippen LogP contribution in [0.4, 0.5) is 4.79 Å². The lowest BCUT2D eigenvalue weighted by Crippen LogP contribution is -2.34. The molecule has 16 heavy (non-hydrogen) atoms. The number of aryl methyl sites for hydroxylation is 1. The number of carbonyl (C=O) groups excluding carboxylic acids is 2. The molecule has 1 fully saturated rings. The lowest BCUT2D eigenvalue weighted by Gasteiger charge is -2.19. The van der Waals surface area contributed by atoms with Crippen molar-refractivity contribution in [1.82, 2.24) is 5.32 Å². The summed E-state index contributed by atoms with van der Waals surface area (Å²) in [6, 6.07) is 5.76. The quantitative estimate of drug-likeness (QED) is 0.714. The van der Waals surface area contributed by atoms with Crippen molar-refractivity contribution in [2.75, 3.05) is 0 Å². The summed E-state index contributed by atoms with van der Waals surface area (Å²) in [5.74, 6) is -0.332. The lowest BCUT2D eigenvalue weighted by molar-refractivity contribution is -0.131. The molecule has 0 saturated carbocycles. The Bertz CT molecular complexity index is 509. The van der Waals surface area contributed by atoms with Gasteiger partial charge in [-0.3, -0.25) is 10.1 Å². The van der Waals surface area contributed by atoms with E-state index in [4.69, 9.17) is 4.74 Å². The van der Waals surface area contributed by atoms with Gasteiger partial charge >= 0.3 is 6.09 Å². The highest BCUT2D eigenvalue weighted by Gasteiger charge is 2.54. The molecule has 3 rings (SSSR count). The van der Waals surface area contributed by atoms with Crippen LogP contribution in [-0.2, 0) is 21.6 Å². The van der Waals surface area contributed by atoms with Gasteiger partial charge in [-0.05, 0) is 24.5 Å². The minimum atomic E-state index is -1.06. The number of fused-ring (bicyclic) bond motifs is 2. The SMILES string of the molecule is Cc1cccc2c1CCC21OC(=O)NC1=O. The number of hydrogen-bond acceptors (Lipinski definition) is 3. The van der Waals surface area contributed by atoms with Crippen LogP contribution in [0.5, 0.6) is 0 Å². The van der Waals surface area contributed by atoms with Gasteiger partial charge in [-0.25, -0.2) is 4.79 Å². The van der Waals surface area contributed by atoms with Gasteiger partial charge in [0.25, 0.3) is 5.91 Å². The summed E-state index contributed by atoms with van der Waals surface area (Å²) in [5, 5.41) is 2.21. The van der Waals surface area contributed by atoms with E-state index in [0.717, 1.165) is 23.1 Å². The number of rotatable bonds is 0. The molecule has 2 amide bonds. The van der Waals surface area contributed by atoms with Gasteiger partial charge in [-0.1, -0.05) is 18.2 Å². The molecule has 1 heterocycles. The van der Waals surface area contributed by atoms with Gasteiger partial charge < -0.3 is 4.74 Å². The van der Waals surface area contributed by atoms with Gasteiger partial charge in [0.05, 0.1) is 0 Å². The summed E-state index contributed by atoms with van der Waals surface area (Å²) in [5.41, 5.74) is 2.06. The second kappa shape index (κ2) is 2.84. The molecule has 0 aromatic heterocycles. The normalized spacial score (nSPS) is 26.8. The maximum Gasteiger partial charge on any atom is 0.415 e. The van der Waals surface area contributed by atoms with Crippen molar-refractivity contribution in [2.24, 2.45) is 0 Å². The van der Waals surface area contributed by atoms with E-state index in [0.29, 0.717) is 6.42 Å². The van der Waals surface area contributed by atoms with Crippen molar-refractivity contribution < 1.29 is 14.3 Å². The molecule has 1 aromatic rings. The fourth-order valence-electron chi connectivity index (χ4n) is 2.61. The van der Waals surface area contributed by atoms with Gasteiger partial charge in [0.2, 0.25) is 5.60 Å². The largest absolute Gasteiger partial charge is 0.427 e. The minimum Gasteiger partial charge on any atom is -0.427 e. The van der Waals surface area contributed by atoms with Crippen LogP contribution < -0.4 is 5.32 Å². The zero-order valence-electron chi connectivity index (χ0n) is 8.87. The van der Waals surface area contributed by atoms with Gasteiger partial charge in [0, 0.05) is 12.0 Å². The van der Waals surface area contributed by atoms with E-state index in [2.05, 4.69) is 5.32 Å². The van der Waals surface area contributed by atoms with Crippen molar-refractivity contribution in [3.8, 4) is 0 Å². The third kappa shape index (κ3) is 0.988. The number of nitrogens with one attached hydrogen (secondary N) is 1. The average Bonchev–Trinajstić information content (AvgIpc) is 2.72. The fraction of sp³-hybridized carbons (Fsp3) is 0.333. The first-order valence-corrected chi connectivity index (χ1v) is 5.27. The molecule has 1 atom stereocenters. The zero-order valence-corrected chi connectivity index (χ0v) is 8.87. The number of alkyl carbamates (subject to hydrolysis) is 1. The predicted molar refractivity (Wildman–Crippen MR) is 55.8 cm³/mol. The second-order valence-corrected chi connectivity index (χ2v) is 4.27. The van der Waals surface area contributed by atoms with Crippen molar-refractivity contribution in [3.05, 3.63) is 34.9 Å². The first kappa shape index (κ1) is 9.39. The van der Waals surface area contributed by atoms with E-state index in [1.807, 2.05) is 25.1 Å². The molecule has 2 aliphatic rings.